The fourth-order valence-electron chi connectivity index (χ4n) is 1.92. The Morgan fingerprint density at radius 2 is 2.13 bits per heavy atom. The Morgan fingerprint density at radius 3 is 2.91 bits per heavy atom. The molecular weight excluding hydrogens is 301 g/mol. The molecule has 0 aliphatic rings. The number of hydrogen-bond donors (Lipinski definition) is 1. The van der Waals surface area contributed by atoms with Crippen molar-refractivity contribution in [3.8, 4) is 5.75 Å². The van der Waals surface area contributed by atoms with Gasteiger partial charge in [-0.25, -0.2) is 4.39 Å². The van der Waals surface area contributed by atoms with Crippen LogP contribution in [0.3, 0.4) is 0 Å². The molecule has 0 aliphatic carbocycles. The maximum atomic E-state index is 12.8. The third kappa shape index (κ3) is 4.62. The van der Waals surface area contributed by atoms with Crippen LogP contribution in [0.25, 0.3) is 0 Å². The van der Waals surface area contributed by atoms with E-state index >= 15 is 0 Å². The first-order valence-electron chi connectivity index (χ1n) is 7.17. The summed E-state index contributed by atoms with van der Waals surface area (Å²) in [7, 11) is 0. The summed E-state index contributed by atoms with van der Waals surface area (Å²) in [6.07, 6.45) is 3.64. The molecule has 0 atom stereocenters. The second-order valence-electron chi connectivity index (χ2n) is 4.79. The second-order valence-corrected chi connectivity index (χ2v) is 4.79. The maximum Gasteiger partial charge on any atom is 0.240 e. The van der Waals surface area contributed by atoms with E-state index in [1.807, 2.05) is 16.9 Å². The topological polar surface area (TPSA) is 78.0 Å². The maximum absolute atomic E-state index is 12.8. The predicted molar refractivity (Wildman–Crippen MR) is 79.0 cm³/mol. The highest BCUT2D eigenvalue weighted by Crippen LogP contribution is 2.12. The third-order valence-corrected chi connectivity index (χ3v) is 3.04. The van der Waals surface area contributed by atoms with E-state index in [2.05, 4.69) is 20.6 Å². The number of nitrogens with zero attached hydrogens (tertiary/aromatic N) is 4. The van der Waals surface area contributed by atoms with Gasteiger partial charge in [0.1, 0.15) is 11.6 Å². The highest BCUT2D eigenvalue weighted by atomic mass is 19.1. The van der Waals surface area contributed by atoms with Gasteiger partial charge >= 0.3 is 0 Å². The molecule has 1 aromatic carbocycles. The number of hydrogen-bond acceptors (Lipinski definition) is 6. The average molecular weight is 317 g/mol. The van der Waals surface area contributed by atoms with E-state index in [4.69, 9.17) is 9.26 Å². The molecule has 2 aromatic heterocycles. The molecule has 0 unspecified atom stereocenters. The molecule has 0 saturated heterocycles. The molecule has 7 nitrogen and oxygen atoms in total. The first-order valence-corrected chi connectivity index (χ1v) is 7.17. The summed E-state index contributed by atoms with van der Waals surface area (Å²) in [5, 5.41) is 11.1. The summed E-state index contributed by atoms with van der Waals surface area (Å²) in [6, 6.07) is 7.65. The Morgan fingerprint density at radius 1 is 1.26 bits per heavy atom. The summed E-state index contributed by atoms with van der Waals surface area (Å²) < 4.78 is 25.2. The summed E-state index contributed by atoms with van der Waals surface area (Å²) in [4.78, 5) is 4.22. The fourth-order valence-corrected chi connectivity index (χ4v) is 1.92. The number of benzene rings is 1. The highest BCUT2D eigenvalue weighted by Gasteiger charge is 2.06. The molecule has 3 aromatic rings. The van der Waals surface area contributed by atoms with Crippen molar-refractivity contribution in [2.24, 2.45) is 0 Å². The average Bonchev–Trinajstić information content (AvgIpc) is 3.23. The molecule has 23 heavy (non-hydrogen) atoms. The van der Waals surface area contributed by atoms with Crippen molar-refractivity contribution < 1.29 is 13.7 Å². The van der Waals surface area contributed by atoms with Gasteiger partial charge in [-0.05, 0) is 30.3 Å². The predicted octanol–water partition coefficient (Wildman–Crippen LogP) is 1.77. The van der Waals surface area contributed by atoms with Gasteiger partial charge in [0, 0.05) is 18.9 Å². The molecule has 0 spiro atoms. The van der Waals surface area contributed by atoms with Crippen LogP contribution < -0.4 is 10.1 Å². The van der Waals surface area contributed by atoms with Gasteiger partial charge in [-0.2, -0.15) is 10.1 Å². The van der Waals surface area contributed by atoms with Gasteiger partial charge in [-0.3, -0.25) is 4.68 Å². The third-order valence-electron chi connectivity index (χ3n) is 3.04. The number of halogens is 1. The molecule has 120 valence electrons. The van der Waals surface area contributed by atoms with Crippen molar-refractivity contribution >= 4 is 0 Å². The molecule has 2 heterocycles. The van der Waals surface area contributed by atoms with Crippen LogP contribution in [0.15, 0.2) is 47.2 Å². The molecule has 0 amide bonds. The highest BCUT2D eigenvalue weighted by molar-refractivity contribution is 5.22. The Hall–Kier alpha value is -2.74. The van der Waals surface area contributed by atoms with Crippen LogP contribution in [0.4, 0.5) is 4.39 Å². The molecule has 8 heteroatoms. The lowest BCUT2D eigenvalue weighted by atomic mass is 10.3. The zero-order valence-corrected chi connectivity index (χ0v) is 12.4. The lowest BCUT2D eigenvalue weighted by Crippen LogP contribution is -2.19. The van der Waals surface area contributed by atoms with Crippen LogP contribution in [0.2, 0.25) is 0 Å². The Kier molecular flexibility index (Phi) is 4.95. The monoisotopic (exact) mass is 317 g/mol. The second kappa shape index (κ2) is 7.50. The van der Waals surface area contributed by atoms with E-state index in [0.717, 1.165) is 13.1 Å². The summed E-state index contributed by atoms with van der Waals surface area (Å²) in [5.74, 6) is 1.18. The smallest absolute Gasteiger partial charge is 0.240 e. The summed E-state index contributed by atoms with van der Waals surface area (Å²) in [5.41, 5.74) is 0. The van der Waals surface area contributed by atoms with Crippen LogP contribution in [-0.2, 0) is 19.7 Å². The molecule has 0 radical (unpaired) electrons. The standard InChI is InChI=1S/C15H16FN5O2/c16-12-2-4-13(5-3-12)22-11-14-19-15(23-20-14)10-17-7-9-21-8-1-6-18-21/h1-6,8,17H,7,9-11H2. The number of ether oxygens (including phenoxy) is 1. The van der Waals surface area contributed by atoms with E-state index < -0.39 is 0 Å². The first-order chi connectivity index (χ1) is 11.3. The van der Waals surface area contributed by atoms with Crippen molar-refractivity contribution in [1.29, 1.82) is 0 Å². The molecule has 0 bridgehead atoms. The largest absolute Gasteiger partial charge is 0.485 e. The first kappa shape index (κ1) is 15.2. The lowest BCUT2D eigenvalue weighted by Gasteiger charge is -2.02. The van der Waals surface area contributed by atoms with E-state index in [-0.39, 0.29) is 12.4 Å². The number of aromatic nitrogens is 4. The minimum atomic E-state index is -0.305. The van der Waals surface area contributed by atoms with Crippen LogP contribution in [0, 0.1) is 5.82 Å². The van der Waals surface area contributed by atoms with Gasteiger partial charge in [0.15, 0.2) is 6.61 Å². The summed E-state index contributed by atoms with van der Waals surface area (Å²) >= 11 is 0. The van der Waals surface area contributed by atoms with Crippen LogP contribution in [0.5, 0.6) is 5.75 Å². The van der Waals surface area contributed by atoms with Crippen molar-refractivity contribution in [2.75, 3.05) is 6.54 Å². The van der Waals surface area contributed by atoms with E-state index in [0.29, 0.717) is 24.0 Å². The van der Waals surface area contributed by atoms with Crippen molar-refractivity contribution in [3.05, 3.63) is 60.3 Å². The normalized spacial score (nSPS) is 10.8. The van der Waals surface area contributed by atoms with Gasteiger partial charge < -0.3 is 14.6 Å². The number of rotatable bonds is 8. The lowest BCUT2D eigenvalue weighted by molar-refractivity contribution is 0.284. The van der Waals surface area contributed by atoms with E-state index in [1.54, 1.807) is 18.3 Å². The molecule has 0 saturated carbocycles. The van der Waals surface area contributed by atoms with Crippen molar-refractivity contribution in [3.63, 3.8) is 0 Å². The van der Waals surface area contributed by atoms with Crippen LogP contribution >= 0.6 is 0 Å². The van der Waals surface area contributed by atoms with Gasteiger partial charge in [-0.15, -0.1) is 0 Å². The fraction of sp³-hybridized carbons (Fsp3) is 0.267. The van der Waals surface area contributed by atoms with Gasteiger partial charge in [0.2, 0.25) is 11.7 Å². The van der Waals surface area contributed by atoms with Gasteiger partial charge in [0.25, 0.3) is 0 Å². The van der Waals surface area contributed by atoms with Crippen LogP contribution in [-0.4, -0.2) is 26.5 Å². The minimum absolute atomic E-state index is 0.169. The minimum Gasteiger partial charge on any atom is -0.485 e. The SMILES string of the molecule is Fc1ccc(OCc2noc(CNCCn3cccn3)n2)cc1. The quantitative estimate of drug-likeness (QED) is 0.638. The Balaban J connectivity index is 1.40. The van der Waals surface area contributed by atoms with E-state index in [1.165, 1.54) is 12.1 Å². The summed E-state index contributed by atoms with van der Waals surface area (Å²) in [6.45, 7) is 2.15. The molecule has 3 rings (SSSR count). The molecule has 0 fully saturated rings. The zero-order chi connectivity index (χ0) is 15.9. The van der Waals surface area contributed by atoms with Crippen molar-refractivity contribution in [2.45, 2.75) is 19.7 Å². The zero-order valence-electron chi connectivity index (χ0n) is 12.4. The Bertz CT molecular complexity index is 712. The van der Waals surface area contributed by atoms with Crippen LogP contribution in [0.1, 0.15) is 11.7 Å². The molecule has 0 aliphatic heterocycles. The number of nitrogens with one attached hydrogen (secondary N) is 1. The molecular formula is C15H16FN5O2. The molecule has 1 N–H and O–H groups in total. The van der Waals surface area contributed by atoms with E-state index in [9.17, 15) is 4.39 Å². The van der Waals surface area contributed by atoms with Gasteiger partial charge in [0.05, 0.1) is 13.1 Å². The van der Waals surface area contributed by atoms with Crippen molar-refractivity contribution in [1.82, 2.24) is 25.2 Å². The Labute approximate surface area is 132 Å². The van der Waals surface area contributed by atoms with Gasteiger partial charge in [-0.1, -0.05) is 5.16 Å².